The third-order valence-corrected chi connectivity index (χ3v) is 2.20. The van der Waals surface area contributed by atoms with Crippen molar-refractivity contribution < 1.29 is 4.52 Å². The molecular formula is C11H12N2O. The van der Waals surface area contributed by atoms with Crippen LogP contribution < -0.4 is 5.73 Å². The van der Waals surface area contributed by atoms with Crippen LogP contribution in [0.5, 0.6) is 0 Å². The van der Waals surface area contributed by atoms with Gasteiger partial charge in [-0.2, -0.15) is 0 Å². The fraction of sp³-hybridized carbons (Fsp3) is 0.182. The monoisotopic (exact) mass is 188 g/mol. The Morgan fingerprint density at radius 3 is 2.64 bits per heavy atom. The Balaban J connectivity index is 2.55. The molecule has 0 radical (unpaired) electrons. The number of nitrogens with two attached hydrogens (primary N) is 1. The van der Waals surface area contributed by atoms with Crippen LogP contribution in [0.25, 0.3) is 11.3 Å². The summed E-state index contributed by atoms with van der Waals surface area (Å²) in [5.41, 5.74) is 9.72. The second-order valence-electron chi connectivity index (χ2n) is 3.43. The number of aryl methyl sites for hydroxylation is 2. The van der Waals surface area contributed by atoms with Gasteiger partial charge in [-0.25, -0.2) is 0 Å². The molecule has 0 bridgehead atoms. The number of aromatic nitrogens is 1. The minimum Gasteiger partial charge on any atom is -0.368 e. The normalized spacial score (nSPS) is 10.4. The highest BCUT2D eigenvalue weighted by Crippen LogP contribution is 2.24. The molecule has 1 heterocycles. The van der Waals surface area contributed by atoms with E-state index >= 15 is 0 Å². The standard InChI is InChI=1S/C11H12N2O/c1-7-3-4-8(2)9(5-7)10-6-11(12)14-13-10/h3-6H,12H2,1-2H3. The summed E-state index contributed by atoms with van der Waals surface area (Å²) in [5.74, 6) is 0.348. The first-order valence-corrected chi connectivity index (χ1v) is 4.46. The van der Waals surface area contributed by atoms with Crippen molar-refractivity contribution in [2.24, 2.45) is 0 Å². The van der Waals surface area contributed by atoms with Crippen LogP contribution in [-0.2, 0) is 0 Å². The van der Waals surface area contributed by atoms with Gasteiger partial charge in [0.15, 0.2) is 0 Å². The summed E-state index contributed by atoms with van der Waals surface area (Å²) >= 11 is 0. The quantitative estimate of drug-likeness (QED) is 0.748. The minimum absolute atomic E-state index is 0.348. The first kappa shape index (κ1) is 8.81. The van der Waals surface area contributed by atoms with Crippen LogP contribution in [0.3, 0.4) is 0 Å². The van der Waals surface area contributed by atoms with Gasteiger partial charge in [-0.05, 0) is 25.5 Å². The zero-order valence-corrected chi connectivity index (χ0v) is 8.24. The lowest BCUT2D eigenvalue weighted by Gasteiger charge is -2.02. The molecule has 2 N–H and O–H groups in total. The van der Waals surface area contributed by atoms with E-state index < -0.39 is 0 Å². The molecule has 0 aliphatic heterocycles. The summed E-state index contributed by atoms with van der Waals surface area (Å²) < 4.78 is 4.84. The van der Waals surface area contributed by atoms with E-state index in [0.29, 0.717) is 5.88 Å². The molecule has 3 nitrogen and oxygen atoms in total. The Kier molecular flexibility index (Phi) is 2.00. The highest BCUT2D eigenvalue weighted by atomic mass is 16.5. The van der Waals surface area contributed by atoms with Crippen LogP contribution in [0.4, 0.5) is 5.88 Å². The number of hydrogen-bond donors (Lipinski definition) is 1. The maximum Gasteiger partial charge on any atom is 0.222 e. The van der Waals surface area contributed by atoms with Crippen molar-refractivity contribution in [3.8, 4) is 11.3 Å². The lowest BCUT2D eigenvalue weighted by Crippen LogP contribution is -1.84. The van der Waals surface area contributed by atoms with Crippen molar-refractivity contribution in [3.05, 3.63) is 35.4 Å². The van der Waals surface area contributed by atoms with Gasteiger partial charge < -0.3 is 10.3 Å². The predicted octanol–water partition coefficient (Wildman–Crippen LogP) is 2.54. The van der Waals surface area contributed by atoms with Crippen molar-refractivity contribution in [2.75, 3.05) is 5.73 Å². The second kappa shape index (κ2) is 3.18. The summed E-state index contributed by atoms with van der Waals surface area (Å²) in [5, 5.41) is 3.89. The van der Waals surface area contributed by atoms with Crippen LogP contribution in [0.15, 0.2) is 28.8 Å². The molecule has 0 aliphatic carbocycles. The molecule has 0 spiro atoms. The number of anilines is 1. The SMILES string of the molecule is Cc1ccc(C)c(-c2cc(N)on2)c1. The van der Waals surface area contributed by atoms with Gasteiger partial charge >= 0.3 is 0 Å². The van der Waals surface area contributed by atoms with Crippen molar-refractivity contribution in [2.45, 2.75) is 13.8 Å². The molecule has 0 amide bonds. The Labute approximate surface area is 82.5 Å². The molecule has 3 heteroatoms. The van der Waals surface area contributed by atoms with Crippen LogP contribution >= 0.6 is 0 Å². The summed E-state index contributed by atoms with van der Waals surface area (Å²) in [6.07, 6.45) is 0. The Morgan fingerprint density at radius 1 is 1.21 bits per heavy atom. The molecule has 1 aromatic heterocycles. The molecule has 0 atom stereocenters. The summed E-state index contributed by atoms with van der Waals surface area (Å²) in [6.45, 7) is 4.09. The smallest absolute Gasteiger partial charge is 0.222 e. The molecule has 0 saturated carbocycles. The fourth-order valence-electron chi connectivity index (χ4n) is 1.43. The predicted molar refractivity (Wildman–Crippen MR) is 55.8 cm³/mol. The molecular weight excluding hydrogens is 176 g/mol. The van der Waals surface area contributed by atoms with Crippen LogP contribution in [-0.4, -0.2) is 5.16 Å². The molecule has 0 fully saturated rings. The number of nitrogen functional groups attached to an aromatic ring is 1. The summed E-state index contributed by atoms with van der Waals surface area (Å²) in [4.78, 5) is 0. The van der Waals surface area contributed by atoms with E-state index in [1.54, 1.807) is 6.07 Å². The average molecular weight is 188 g/mol. The molecule has 2 rings (SSSR count). The highest BCUT2D eigenvalue weighted by molar-refractivity contribution is 5.65. The van der Waals surface area contributed by atoms with Gasteiger partial charge in [-0.3, -0.25) is 0 Å². The van der Waals surface area contributed by atoms with Gasteiger partial charge in [0.05, 0.1) is 0 Å². The Hall–Kier alpha value is -1.77. The van der Waals surface area contributed by atoms with Gasteiger partial charge in [0.2, 0.25) is 5.88 Å². The zero-order valence-electron chi connectivity index (χ0n) is 8.24. The highest BCUT2D eigenvalue weighted by Gasteiger charge is 2.06. The van der Waals surface area contributed by atoms with E-state index in [-0.39, 0.29) is 0 Å². The average Bonchev–Trinajstić information content (AvgIpc) is 2.56. The van der Waals surface area contributed by atoms with Gasteiger partial charge in [0, 0.05) is 11.6 Å². The third kappa shape index (κ3) is 1.48. The van der Waals surface area contributed by atoms with E-state index in [0.717, 1.165) is 11.3 Å². The lowest BCUT2D eigenvalue weighted by molar-refractivity contribution is 0.439. The van der Waals surface area contributed by atoms with E-state index in [9.17, 15) is 0 Å². The fourth-order valence-corrected chi connectivity index (χ4v) is 1.43. The van der Waals surface area contributed by atoms with Crippen molar-refractivity contribution in [3.63, 3.8) is 0 Å². The summed E-state index contributed by atoms with van der Waals surface area (Å²) in [6, 6.07) is 7.95. The second-order valence-corrected chi connectivity index (χ2v) is 3.43. The number of rotatable bonds is 1. The lowest BCUT2D eigenvalue weighted by atomic mass is 10.0. The molecule has 0 saturated heterocycles. The molecule has 72 valence electrons. The van der Waals surface area contributed by atoms with E-state index in [1.807, 2.05) is 13.8 Å². The van der Waals surface area contributed by atoms with Gasteiger partial charge in [0.1, 0.15) is 5.69 Å². The number of benzene rings is 1. The van der Waals surface area contributed by atoms with E-state index in [1.165, 1.54) is 11.1 Å². The van der Waals surface area contributed by atoms with E-state index in [2.05, 4.69) is 23.4 Å². The maximum absolute atomic E-state index is 5.47. The molecule has 0 unspecified atom stereocenters. The van der Waals surface area contributed by atoms with Crippen LogP contribution in [0.1, 0.15) is 11.1 Å². The van der Waals surface area contributed by atoms with Crippen molar-refractivity contribution >= 4 is 5.88 Å². The van der Waals surface area contributed by atoms with Crippen LogP contribution in [0.2, 0.25) is 0 Å². The Morgan fingerprint density at radius 2 is 2.00 bits per heavy atom. The van der Waals surface area contributed by atoms with E-state index in [4.69, 9.17) is 10.3 Å². The minimum atomic E-state index is 0.348. The maximum atomic E-state index is 5.47. The Bertz CT molecular complexity index is 460. The molecule has 1 aromatic carbocycles. The zero-order chi connectivity index (χ0) is 10.1. The first-order chi connectivity index (χ1) is 6.66. The van der Waals surface area contributed by atoms with Crippen LogP contribution in [0, 0.1) is 13.8 Å². The summed E-state index contributed by atoms with van der Waals surface area (Å²) in [7, 11) is 0. The first-order valence-electron chi connectivity index (χ1n) is 4.46. The topological polar surface area (TPSA) is 52.0 Å². The number of nitrogens with zero attached hydrogens (tertiary/aromatic N) is 1. The van der Waals surface area contributed by atoms with Crippen molar-refractivity contribution in [1.82, 2.24) is 5.16 Å². The molecule has 0 aliphatic rings. The third-order valence-electron chi connectivity index (χ3n) is 2.20. The largest absolute Gasteiger partial charge is 0.368 e. The van der Waals surface area contributed by atoms with Gasteiger partial charge in [-0.1, -0.05) is 22.9 Å². The molecule has 2 aromatic rings. The number of hydrogen-bond acceptors (Lipinski definition) is 3. The van der Waals surface area contributed by atoms with Gasteiger partial charge in [-0.15, -0.1) is 0 Å². The van der Waals surface area contributed by atoms with Crippen molar-refractivity contribution in [1.29, 1.82) is 0 Å². The molecule has 14 heavy (non-hydrogen) atoms. The van der Waals surface area contributed by atoms with Gasteiger partial charge in [0.25, 0.3) is 0 Å².